The fourth-order valence-corrected chi connectivity index (χ4v) is 7.13. The summed E-state index contributed by atoms with van der Waals surface area (Å²) >= 11 is 0. The fraction of sp³-hybridized carbons (Fsp3) is 0.0870. The van der Waals surface area contributed by atoms with Gasteiger partial charge in [0.2, 0.25) is 12.2 Å². The number of nitrogens with zero attached hydrogens (tertiary/aromatic N) is 2. The highest BCUT2D eigenvalue weighted by Crippen LogP contribution is 2.43. The van der Waals surface area contributed by atoms with E-state index in [0.29, 0.717) is 11.6 Å². The lowest BCUT2D eigenvalue weighted by atomic mass is 10.0. The third-order valence-corrected chi connectivity index (χ3v) is 9.38. The number of hydrogen-bond donors (Lipinski definition) is 2. The van der Waals surface area contributed by atoms with Crippen molar-refractivity contribution in [3.05, 3.63) is 163 Å². The minimum atomic E-state index is -0.747. The monoisotopic (exact) mass is 676 g/mol. The van der Waals surface area contributed by atoms with E-state index < -0.39 is 6.29 Å². The number of ether oxygens (including phenoxy) is 2. The molecule has 4 aromatic carbocycles. The van der Waals surface area contributed by atoms with Gasteiger partial charge in [-0.2, -0.15) is 0 Å². The highest BCUT2D eigenvalue weighted by molar-refractivity contribution is 5.97. The average Bonchev–Trinajstić information content (AvgIpc) is 4.01. The van der Waals surface area contributed by atoms with Crippen molar-refractivity contribution < 1.29 is 9.47 Å². The number of nitrogens with one attached hydrogen (secondary N) is 2. The number of aromatic nitrogens is 4. The molecule has 5 heterocycles. The number of H-pyrrole nitrogens is 2. The minimum absolute atomic E-state index is 0.115. The molecule has 1 atom stereocenters. The largest absolute Gasteiger partial charge is 0.441 e. The van der Waals surface area contributed by atoms with Crippen molar-refractivity contribution in [1.29, 1.82) is 0 Å². The molecule has 8 bridgehead atoms. The maximum absolute atomic E-state index is 6.79. The van der Waals surface area contributed by atoms with E-state index >= 15 is 0 Å². The van der Waals surface area contributed by atoms with Crippen molar-refractivity contribution in [2.75, 3.05) is 0 Å². The summed E-state index contributed by atoms with van der Waals surface area (Å²) < 4.78 is 13.3. The Bertz CT molecular complexity index is 2590. The molecule has 9 rings (SSSR count). The Labute approximate surface area is 302 Å². The van der Waals surface area contributed by atoms with Crippen LogP contribution in [-0.2, 0) is 4.74 Å². The predicted molar refractivity (Wildman–Crippen MR) is 211 cm³/mol. The molecule has 0 fully saturated rings. The van der Waals surface area contributed by atoms with Crippen molar-refractivity contribution in [1.82, 2.24) is 19.9 Å². The summed E-state index contributed by atoms with van der Waals surface area (Å²) in [7, 11) is 0. The molecule has 0 amide bonds. The van der Waals surface area contributed by atoms with Crippen molar-refractivity contribution >= 4 is 34.2 Å². The van der Waals surface area contributed by atoms with Crippen molar-refractivity contribution in [3.8, 4) is 50.4 Å². The first-order valence-electron chi connectivity index (χ1n) is 17.6. The Balaban J connectivity index is 1.49. The normalized spacial score (nSPS) is 13.7. The van der Waals surface area contributed by atoms with Crippen LogP contribution in [0.15, 0.2) is 146 Å². The standard InChI is InChI=1S/C46H36N4O2/c1-29(2)51-46-44-42(32-19-11-5-12-20-32)38-27-25-36(48-38)40(30-15-7-3-8-16-30)34-23-24-35(47-34)41(31-17-9-4-10-18-31)37-26-28-39(49-37)43(45(50-44)52-46)33-21-13-6-14-22-33/h3-29,46,48-49H,1-2H3. The van der Waals surface area contributed by atoms with Gasteiger partial charge >= 0.3 is 0 Å². The van der Waals surface area contributed by atoms with Gasteiger partial charge in [0, 0.05) is 33.2 Å². The lowest BCUT2D eigenvalue weighted by Gasteiger charge is -2.17. The number of aromatic amines is 2. The molecule has 0 saturated carbocycles. The zero-order chi connectivity index (χ0) is 35.0. The molecule has 3 aromatic heterocycles. The van der Waals surface area contributed by atoms with Gasteiger partial charge in [-0.3, -0.25) is 0 Å². The summed E-state index contributed by atoms with van der Waals surface area (Å²) in [4.78, 5) is 18.3. The predicted octanol–water partition coefficient (Wildman–Crippen LogP) is 11.7. The highest BCUT2D eigenvalue weighted by Gasteiger charge is 2.31. The first-order valence-corrected chi connectivity index (χ1v) is 17.6. The molecule has 7 aromatic rings. The van der Waals surface area contributed by atoms with Gasteiger partial charge in [0.25, 0.3) is 0 Å². The maximum Gasteiger partial charge on any atom is 0.246 e. The van der Waals surface area contributed by atoms with Gasteiger partial charge < -0.3 is 19.4 Å². The Morgan fingerprint density at radius 3 is 1.31 bits per heavy atom. The molecule has 6 nitrogen and oxygen atoms in total. The van der Waals surface area contributed by atoms with E-state index in [1.165, 1.54) is 0 Å². The van der Waals surface area contributed by atoms with E-state index in [1.54, 1.807) is 0 Å². The first kappa shape index (κ1) is 31.5. The molecule has 0 spiro atoms. The average molecular weight is 677 g/mol. The van der Waals surface area contributed by atoms with Crippen LogP contribution >= 0.6 is 0 Å². The second kappa shape index (κ2) is 13.3. The molecule has 2 aliphatic heterocycles. The zero-order valence-corrected chi connectivity index (χ0v) is 28.9. The SMILES string of the molecule is CC(C)OC1Oc2nc1c(-c1ccccc1)c1ccc([nH]1)c(-c1ccccc1)c1nc(c(-c3ccccc3)c3ccc([nH]3)c2-c2ccccc2)C=C1. The van der Waals surface area contributed by atoms with E-state index in [0.717, 1.165) is 78.0 Å². The van der Waals surface area contributed by atoms with Crippen molar-refractivity contribution in [2.24, 2.45) is 0 Å². The van der Waals surface area contributed by atoms with Crippen LogP contribution in [0, 0.1) is 0 Å². The molecule has 52 heavy (non-hydrogen) atoms. The van der Waals surface area contributed by atoms with Gasteiger partial charge in [0.15, 0.2) is 0 Å². The summed E-state index contributed by atoms with van der Waals surface area (Å²) in [5.74, 6) is 0.485. The van der Waals surface area contributed by atoms with Crippen LogP contribution in [0.1, 0.15) is 37.2 Å². The quantitative estimate of drug-likeness (QED) is 0.184. The first-order chi connectivity index (χ1) is 25.6. The Morgan fingerprint density at radius 1 is 0.481 bits per heavy atom. The number of rotatable bonds is 6. The van der Waals surface area contributed by atoms with Gasteiger partial charge in [-0.05, 0) is 72.5 Å². The molecule has 6 heteroatoms. The van der Waals surface area contributed by atoms with Gasteiger partial charge in [0.05, 0.1) is 28.6 Å². The van der Waals surface area contributed by atoms with Crippen LogP contribution in [0.5, 0.6) is 5.88 Å². The van der Waals surface area contributed by atoms with Crippen LogP contribution in [0.3, 0.4) is 0 Å². The molecule has 2 N–H and O–H groups in total. The topological polar surface area (TPSA) is 75.8 Å². The lowest BCUT2D eigenvalue weighted by molar-refractivity contribution is -0.104. The van der Waals surface area contributed by atoms with Crippen LogP contribution in [0.25, 0.3) is 78.7 Å². The van der Waals surface area contributed by atoms with E-state index in [9.17, 15) is 0 Å². The van der Waals surface area contributed by atoms with Crippen LogP contribution in [0.2, 0.25) is 0 Å². The second-order valence-electron chi connectivity index (χ2n) is 13.2. The molecule has 2 aliphatic rings. The number of hydrogen-bond acceptors (Lipinski definition) is 4. The van der Waals surface area contributed by atoms with Gasteiger partial charge in [0.1, 0.15) is 5.69 Å². The van der Waals surface area contributed by atoms with Gasteiger partial charge in [-0.25, -0.2) is 9.97 Å². The van der Waals surface area contributed by atoms with E-state index in [4.69, 9.17) is 19.4 Å². The summed E-state index contributed by atoms with van der Waals surface area (Å²) in [6.07, 6.45) is 3.37. The molecular formula is C46H36N4O2. The summed E-state index contributed by atoms with van der Waals surface area (Å²) in [6, 6.07) is 49.9. The van der Waals surface area contributed by atoms with Crippen LogP contribution < -0.4 is 4.74 Å². The summed E-state index contributed by atoms with van der Waals surface area (Å²) in [5, 5.41) is 0. The van der Waals surface area contributed by atoms with Crippen LogP contribution in [-0.4, -0.2) is 26.0 Å². The molecule has 0 aliphatic carbocycles. The maximum atomic E-state index is 6.79. The molecule has 252 valence electrons. The zero-order valence-electron chi connectivity index (χ0n) is 28.9. The Kier molecular flexibility index (Phi) is 8.07. The van der Waals surface area contributed by atoms with Gasteiger partial charge in [-0.1, -0.05) is 121 Å². The smallest absolute Gasteiger partial charge is 0.246 e. The molecule has 1 unspecified atom stereocenters. The third-order valence-electron chi connectivity index (χ3n) is 9.38. The van der Waals surface area contributed by atoms with Crippen molar-refractivity contribution in [2.45, 2.75) is 26.2 Å². The number of fused-ring (bicyclic) bond motifs is 8. The Morgan fingerprint density at radius 2 is 0.865 bits per heavy atom. The van der Waals surface area contributed by atoms with E-state index in [-0.39, 0.29) is 6.10 Å². The fourth-order valence-electron chi connectivity index (χ4n) is 7.13. The third kappa shape index (κ3) is 5.79. The van der Waals surface area contributed by atoms with E-state index in [1.807, 2.05) is 62.4 Å². The lowest BCUT2D eigenvalue weighted by Crippen LogP contribution is -2.14. The molecule has 0 saturated heterocycles. The van der Waals surface area contributed by atoms with Gasteiger partial charge in [-0.15, -0.1) is 0 Å². The summed E-state index contributed by atoms with van der Waals surface area (Å²) in [6.45, 7) is 4.04. The minimum Gasteiger partial charge on any atom is -0.441 e. The second-order valence-corrected chi connectivity index (χ2v) is 13.2. The Hall–Kier alpha value is -6.50. The summed E-state index contributed by atoms with van der Waals surface area (Å²) in [5.41, 5.74) is 13.9. The highest BCUT2D eigenvalue weighted by atomic mass is 16.7. The molecular weight excluding hydrogens is 641 g/mol. The number of benzene rings is 4. The van der Waals surface area contributed by atoms with Crippen LogP contribution in [0.4, 0.5) is 0 Å². The van der Waals surface area contributed by atoms with Crippen molar-refractivity contribution in [3.63, 3.8) is 0 Å². The van der Waals surface area contributed by atoms with E-state index in [2.05, 4.69) is 119 Å². The molecule has 0 radical (unpaired) electrons.